The second-order valence-electron chi connectivity index (χ2n) is 5.46. The fourth-order valence-corrected chi connectivity index (χ4v) is 2.99. The van der Waals surface area contributed by atoms with E-state index >= 15 is 0 Å². The average Bonchev–Trinajstić information content (AvgIpc) is 2.62. The predicted octanol–water partition coefficient (Wildman–Crippen LogP) is 5.65. The van der Waals surface area contributed by atoms with Crippen LogP contribution in [0.4, 0.5) is 5.69 Å². The van der Waals surface area contributed by atoms with E-state index in [4.69, 9.17) is 4.74 Å². The smallest absolute Gasteiger partial charge is 0.248 e. The summed E-state index contributed by atoms with van der Waals surface area (Å²) in [5, 5.41) is 5.05. The van der Waals surface area contributed by atoms with Crippen LogP contribution in [0, 0.1) is 0 Å². The molecule has 0 fully saturated rings. The minimum Gasteiger partial charge on any atom is -0.493 e. The lowest BCUT2D eigenvalue weighted by Gasteiger charge is -2.08. The van der Waals surface area contributed by atoms with Gasteiger partial charge in [-0.15, -0.1) is 0 Å². The van der Waals surface area contributed by atoms with Crippen LogP contribution in [-0.4, -0.2) is 12.5 Å². The van der Waals surface area contributed by atoms with Crippen LogP contribution in [0.15, 0.2) is 71.2 Å². The minimum absolute atomic E-state index is 0.182. The number of halogens is 1. The number of amides is 1. The Bertz CT molecular complexity index is 929. The molecule has 0 heterocycles. The molecule has 1 amide bonds. The van der Waals surface area contributed by atoms with Crippen LogP contribution in [0.5, 0.6) is 5.75 Å². The van der Waals surface area contributed by atoms with Gasteiger partial charge < -0.3 is 10.1 Å². The van der Waals surface area contributed by atoms with Crippen molar-refractivity contribution in [3.05, 3.63) is 76.8 Å². The molecule has 0 aliphatic rings. The van der Waals surface area contributed by atoms with E-state index in [9.17, 15) is 4.79 Å². The highest BCUT2D eigenvalue weighted by Crippen LogP contribution is 2.25. The molecule has 25 heavy (non-hydrogen) atoms. The van der Waals surface area contributed by atoms with E-state index in [1.165, 1.54) is 6.08 Å². The van der Waals surface area contributed by atoms with Gasteiger partial charge in [-0.2, -0.15) is 0 Å². The molecule has 0 atom stereocenters. The van der Waals surface area contributed by atoms with E-state index in [1.54, 1.807) is 6.08 Å². The second kappa shape index (κ2) is 7.99. The molecule has 0 radical (unpaired) electrons. The second-order valence-corrected chi connectivity index (χ2v) is 6.38. The number of hydrogen-bond donors (Lipinski definition) is 1. The van der Waals surface area contributed by atoms with E-state index in [2.05, 4.69) is 21.2 Å². The quantitative estimate of drug-likeness (QED) is 0.566. The van der Waals surface area contributed by atoms with E-state index < -0.39 is 0 Å². The number of benzene rings is 3. The summed E-state index contributed by atoms with van der Waals surface area (Å²) < 4.78 is 6.53. The zero-order valence-corrected chi connectivity index (χ0v) is 15.4. The molecule has 0 spiro atoms. The maximum atomic E-state index is 12.3. The predicted molar refractivity (Wildman–Crippen MR) is 107 cm³/mol. The number of hydrogen-bond acceptors (Lipinski definition) is 2. The van der Waals surface area contributed by atoms with E-state index in [1.807, 2.05) is 67.6 Å². The Labute approximate surface area is 155 Å². The molecule has 0 bridgehead atoms. The van der Waals surface area contributed by atoms with Crippen molar-refractivity contribution in [1.29, 1.82) is 0 Å². The van der Waals surface area contributed by atoms with E-state index in [-0.39, 0.29) is 5.91 Å². The largest absolute Gasteiger partial charge is 0.493 e. The van der Waals surface area contributed by atoms with Gasteiger partial charge in [-0.05, 0) is 42.7 Å². The van der Waals surface area contributed by atoms with Gasteiger partial charge in [0.1, 0.15) is 5.75 Å². The number of fused-ring (bicyclic) bond motifs is 1. The number of ether oxygens (including phenoxy) is 1. The van der Waals surface area contributed by atoms with Crippen molar-refractivity contribution in [3.8, 4) is 5.75 Å². The molecule has 3 aromatic carbocycles. The number of rotatable bonds is 5. The van der Waals surface area contributed by atoms with Gasteiger partial charge in [-0.25, -0.2) is 0 Å². The van der Waals surface area contributed by atoms with Crippen molar-refractivity contribution >= 4 is 44.4 Å². The molecular formula is C21H18BrNO2. The maximum absolute atomic E-state index is 12.3. The topological polar surface area (TPSA) is 38.3 Å². The molecule has 0 unspecified atom stereocenters. The fraction of sp³-hybridized carbons (Fsp3) is 0.0952. The highest BCUT2D eigenvalue weighted by molar-refractivity contribution is 9.10. The summed E-state index contributed by atoms with van der Waals surface area (Å²) in [4.78, 5) is 12.3. The maximum Gasteiger partial charge on any atom is 0.248 e. The summed E-state index contributed by atoms with van der Waals surface area (Å²) in [6, 6.07) is 19.5. The zero-order valence-electron chi connectivity index (χ0n) is 13.8. The van der Waals surface area contributed by atoms with E-state index in [0.29, 0.717) is 6.61 Å². The number of anilines is 1. The minimum atomic E-state index is -0.182. The Morgan fingerprint density at radius 1 is 1.12 bits per heavy atom. The van der Waals surface area contributed by atoms with Gasteiger partial charge in [0.05, 0.1) is 6.61 Å². The standard InChI is InChI=1S/C21H18BrNO2/c1-2-25-20-12-11-17(22)14-16(20)10-13-21(24)23-19-9-5-7-15-6-3-4-8-18(15)19/h3-14H,2H2,1H3,(H,23,24). The van der Waals surface area contributed by atoms with Gasteiger partial charge in [0.25, 0.3) is 0 Å². The van der Waals surface area contributed by atoms with Crippen LogP contribution in [0.25, 0.3) is 16.8 Å². The summed E-state index contributed by atoms with van der Waals surface area (Å²) >= 11 is 3.45. The van der Waals surface area contributed by atoms with Crippen LogP contribution in [0.1, 0.15) is 12.5 Å². The first kappa shape index (κ1) is 17.2. The highest BCUT2D eigenvalue weighted by atomic mass is 79.9. The number of carbonyl (C=O) groups is 1. The molecule has 3 rings (SSSR count). The van der Waals surface area contributed by atoms with Gasteiger partial charge >= 0.3 is 0 Å². The first-order valence-corrected chi connectivity index (χ1v) is 8.86. The Morgan fingerprint density at radius 3 is 2.76 bits per heavy atom. The van der Waals surface area contributed by atoms with Crippen LogP contribution in [0.2, 0.25) is 0 Å². The van der Waals surface area contributed by atoms with Crippen molar-refractivity contribution in [1.82, 2.24) is 0 Å². The summed E-state index contributed by atoms with van der Waals surface area (Å²) in [5.41, 5.74) is 1.65. The SMILES string of the molecule is CCOc1ccc(Br)cc1C=CC(=O)Nc1cccc2ccccc12. The molecule has 4 heteroatoms. The van der Waals surface area contributed by atoms with Crippen molar-refractivity contribution in [2.24, 2.45) is 0 Å². The molecule has 0 aliphatic heterocycles. The molecule has 0 saturated carbocycles. The normalized spacial score (nSPS) is 11.0. The van der Waals surface area contributed by atoms with Crippen molar-refractivity contribution < 1.29 is 9.53 Å². The molecule has 0 aliphatic carbocycles. The van der Waals surface area contributed by atoms with Crippen LogP contribution >= 0.6 is 15.9 Å². The average molecular weight is 396 g/mol. The summed E-state index contributed by atoms with van der Waals surface area (Å²) in [6.45, 7) is 2.51. The molecule has 0 saturated heterocycles. The first-order chi connectivity index (χ1) is 12.2. The molecule has 0 aromatic heterocycles. The highest BCUT2D eigenvalue weighted by Gasteiger charge is 2.05. The molecule has 1 N–H and O–H groups in total. The third-order valence-electron chi connectivity index (χ3n) is 3.73. The Balaban J connectivity index is 1.80. The third kappa shape index (κ3) is 4.28. The number of nitrogens with one attached hydrogen (secondary N) is 1. The van der Waals surface area contributed by atoms with Crippen LogP contribution in [-0.2, 0) is 4.79 Å². The zero-order chi connectivity index (χ0) is 17.6. The summed E-state index contributed by atoms with van der Waals surface area (Å²) in [5.74, 6) is 0.568. The van der Waals surface area contributed by atoms with Crippen LogP contribution < -0.4 is 10.1 Å². The molecule has 3 aromatic rings. The monoisotopic (exact) mass is 395 g/mol. The van der Waals surface area contributed by atoms with Gasteiger partial charge in [0, 0.05) is 27.2 Å². The Hall–Kier alpha value is -2.59. The van der Waals surface area contributed by atoms with E-state index in [0.717, 1.165) is 32.2 Å². The lowest BCUT2D eigenvalue weighted by atomic mass is 10.1. The first-order valence-electron chi connectivity index (χ1n) is 8.06. The Kier molecular flexibility index (Phi) is 5.51. The van der Waals surface area contributed by atoms with Crippen molar-refractivity contribution in [3.63, 3.8) is 0 Å². The molecule has 3 nitrogen and oxygen atoms in total. The summed E-state index contributed by atoms with van der Waals surface area (Å²) in [7, 11) is 0. The lowest BCUT2D eigenvalue weighted by molar-refractivity contribution is -0.111. The lowest BCUT2D eigenvalue weighted by Crippen LogP contribution is -2.08. The van der Waals surface area contributed by atoms with Gasteiger partial charge in [0.15, 0.2) is 0 Å². The molecule has 126 valence electrons. The Morgan fingerprint density at radius 2 is 1.92 bits per heavy atom. The fourth-order valence-electron chi connectivity index (χ4n) is 2.61. The van der Waals surface area contributed by atoms with Crippen LogP contribution in [0.3, 0.4) is 0 Å². The summed E-state index contributed by atoms with van der Waals surface area (Å²) in [6.07, 6.45) is 3.28. The van der Waals surface area contributed by atoms with Gasteiger partial charge in [-0.3, -0.25) is 4.79 Å². The number of carbonyl (C=O) groups excluding carboxylic acids is 1. The van der Waals surface area contributed by atoms with Gasteiger partial charge in [0.2, 0.25) is 5.91 Å². The molecular weight excluding hydrogens is 378 g/mol. The van der Waals surface area contributed by atoms with Gasteiger partial charge in [-0.1, -0.05) is 52.3 Å². The van der Waals surface area contributed by atoms with Crippen molar-refractivity contribution in [2.75, 3.05) is 11.9 Å². The third-order valence-corrected chi connectivity index (χ3v) is 4.23. The van der Waals surface area contributed by atoms with Crippen molar-refractivity contribution in [2.45, 2.75) is 6.92 Å².